The van der Waals surface area contributed by atoms with Crippen LogP contribution in [0.2, 0.25) is 0 Å². The van der Waals surface area contributed by atoms with Crippen molar-refractivity contribution in [2.75, 3.05) is 11.9 Å². The molecule has 0 saturated heterocycles. The fourth-order valence-electron chi connectivity index (χ4n) is 2.53. The molecule has 94 valence electrons. The lowest BCUT2D eigenvalue weighted by Gasteiger charge is -2.06. The molecule has 0 fully saturated rings. The Bertz CT molecular complexity index is 530. The Kier molecular flexibility index (Phi) is 3.00. The van der Waals surface area contributed by atoms with Gasteiger partial charge in [0, 0.05) is 36.6 Å². The van der Waals surface area contributed by atoms with Gasteiger partial charge in [0.05, 0.1) is 5.69 Å². The molecule has 0 aromatic carbocycles. The van der Waals surface area contributed by atoms with Crippen LogP contribution < -0.4 is 5.32 Å². The predicted octanol–water partition coefficient (Wildman–Crippen LogP) is 2.71. The SMILES string of the molecule is CCn1nc(-c2cccnc2)c2c1NCCCC2. The number of nitrogens with zero attached hydrogens (tertiary/aromatic N) is 3. The van der Waals surface area contributed by atoms with Gasteiger partial charge in [0.1, 0.15) is 5.82 Å². The molecule has 0 unspecified atom stereocenters. The third kappa shape index (κ3) is 1.88. The van der Waals surface area contributed by atoms with Crippen molar-refractivity contribution in [3.05, 3.63) is 30.1 Å². The molecule has 3 heterocycles. The van der Waals surface area contributed by atoms with Gasteiger partial charge in [0.25, 0.3) is 0 Å². The molecule has 0 amide bonds. The number of aryl methyl sites for hydroxylation is 1. The average molecular weight is 242 g/mol. The number of rotatable bonds is 2. The number of hydrogen-bond donors (Lipinski definition) is 1. The first-order chi connectivity index (χ1) is 8.90. The smallest absolute Gasteiger partial charge is 0.128 e. The Morgan fingerprint density at radius 1 is 1.39 bits per heavy atom. The normalized spacial score (nSPS) is 14.7. The van der Waals surface area contributed by atoms with E-state index in [0.717, 1.165) is 30.8 Å². The Morgan fingerprint density at radius 3 is 3.11 bits per heavy atom. The van der Waals surface area contributed by atoms with E-state index in [-0.39, 0.29) is 0 Å². The largest absolute Gasteiger partial charge is 0.370 e. The van der Waals surface area contributed by atoms with Crippen LogP contribution in [0.5, 0.6) is 0 Å². The fourth-order valence-corrected chi connectivity index (χ4v) is 2.53. The lowest BCUT2D eigenvalue weighted by Crippen LogP contribution is -2.07. The summed E-state index contributed by atoms with van der Waals surface area (Å²) in [6.07, 6.45) is 7.25. The van der Waals surface area contributed by atoms with Gasteiger partial charge in [-0.15, -0.1) is 0 Å². The second-order valence-electron chi connectivity index (χ2n) is 4.62. The van der Waals surface area contributed by atoms with Crippen molar-refractivity contribution in [2.45, 2.75) is 32.7 Å². The average Bonchev–Trinajstić information content (AvgIpc) is 2.61. The number of aromatic nitrogens is 3. The molecule has 0 radical (unpaired) electrons. The van der Waals surface area contributed by atoms with Gasteiger partial charge in [-0.05, 0) is 38.3 Å². The molecule has 1 N–H and O–H groups in total. The van der Waals surface area contributed by atoms with Crippen LogP contribution in [0.1, 0.15) is 25.3 Å². The van der Waals surface area contributed by atoms with E-state index in [9.17, 15) is 0 Å². The molecule has 0 aliphatic carbocycles. The van der Waals surface area contributed by atoms with E-state index in [4.69, 9.17) is 5.10 Å². The lowest BCUT2D eigenvalue weighted by atomic mass is 10.1. The minimum absolute atomic E-state index is 0.898. The Balaban J connectivity index is 2.12. The van der Waals surface area contributed by atoms with Crippen LogP contribution in [-0.4, -0.2) is 21.3 Å². The standard InChI is InChI=1S/C14H18N4/c1-2-18-14-12(7-3-4-9-16-14)13(17-18)11-6-5-8-15-10-11/h5-6,8,10,16H,2-4,7,9H2,1H3. The van der Waals surface area contributed by atoms with Crippen molar-refractivity contribution in [3.8, 4) is 11.3 Å². The van der Waals surface area contributed by atoms with Gasteiger partial charge in [-0.1, -0.05) is 0 Å². The number of pyridine rings is 1. The first kappa shape index (κ1) is 11.3. The van der Waals surface area contributed by atoms with Gasteiger partial charge < -0.3 is 5.32 Å². The molecule has 0 spiro atoms. The van der Waals surface area contributed by atoms with Crippen molar-refractivity contribution in [1.29, 1.82) is 0 Å². The zero-order chi connectivity index (χ0) is 12.4. The molecule has 1 aliphatic heterocycles. The van der Waals surface area contributed by atoms with Gasteiger partial charge >= 0.3 is 0 Å². The van der Waals surface area contributed by atoms with Gasteiger partial charge in [-0.2, -0.15) is 5.10 Å². The zero-order valence-electron chi connectivity index (χ0n) is 10.7. The summed E-state index contributed by atoms with van der Waals surface area (Å²) < 4.78 is 2.07. The summed E-state index contributed by atoms with van der Waals surface area (Å²) in [7, 11) is 0. The Hall–Kier alpha value is -1.84. The van der Waals surface area contributed by atoms with Crippen LogP contribution in [-0.2, 0) is 13.0 Å². The molecule has 4 nitrogen and oxygen atoms in total. The molecule has 0 saturated carbocycles. The summed E-state index contributed by atoms with van der Waals surface area (Å²) in [5, 5.41) is 8.25. The summed E-state index contributed by atoms with van der Waals surface area (Å²) in [5.74, 6) is 1.20. The van der Waals surface area contributed by atoms with Gasteiger partial charge in [0.2, 0.25) is 0 Å². The van der Waals surface area contributed by atoms with Crippen molar-refractivity contribution in [3.63, 3.8) is 0 Å². The topological polar surface area (TPSA) is 42.7 Å². The van der Waals surface area contributed by atoms with Gasteiger partial charge in [-0.3, -0.25) is 4.98 Å². The van der Waals surface area contributed by atoms with Crippen LogP contribution >= 0.6 is 0 Å². The van der Waals surface area contributed by atoms with Crippen LogP contribution in [0, 0.1) is 0 Å². The number of nitrogens with one attached hydrogen (secondary N) is 1. The number of hydrogen-bond acceptors (Lipinski definition) is 3. The van der Waals surface area contributed by atoms with Crippen molar-refractivity contribution < 1.29 is 0 Å². The molecule has 1 aliphatic rings. The second-order valence-corrected chi connectivity index (χ2v) is 4.62. The quantitative estimate of drug-likeness (QED) is 0.880. The monoisotopic (exact) mass is 242 g/mol. The highest BCUT2D eigenvalue weighted by atomic mass is 15.3. The van der Waals surface area contributed by atoms with E-state index in [1.807, 2.05) is 12.3 Å². The molecule has 4 heteroatoms. The highest BCUT2D eigenvalue weighted by Gasteiger charge is 2.19. The maximum absolute atomic E-state index is 4.74. The van der Waals surface area contributed by atoms with Gasteiger partial charge in [-0.25, -0.2) is 4.68 Å². The summed E-state index contributed by atoms with van der Waals surface area (Å²) in [5.41, 5.74) is 3.56. The van der Waals surface area contributed by atoms with Crippen molar-refractivity contribution in [1.82, 2.24) is 14.8 Å². The number of fused-ring (bicyclic) bond motifs is 1. The summed E-state index contributed by atoms with van der Waals surface area (Å²) in [6.45, 7) is 4.08. The van der Waals surface area contributed by atoms with Crippen LogP contribution in [0.4, 0.5) is 5.82 Å². The summed E-state index contributed by atoms with van der Waals surface area (Å²) in [6, 6.07) is 4.05. The number of anilines is 1. The van der Waals surface area contributed by atoms with Crippen LogP contribution in [0.3, 0.4) is 0 Å². The highest BCUT2D eigenvalue weighted by Crippen LogP contribution is 2.31. The van der Waals surface area contributed by atoms with Gasteiger partial charge in [0.15, 0.2) is 0 Å². The van der Waals surface area contributed by atoms with E-state index in [0.29, 0.717) is 0 Å². The van der Waals surface area contributed by atoms with E-state index in [1.165, 1.54) is 24.2 Å². The predicted molar refractivity (Wildman–Crippen MR) is 72.6 cm³/mol. The molecule has 0 bridgehead atoms. The van der Waals surface area contributed by atoms with Crippen molar-refractivity contribution >= 4 is 5.82 Å². The van der Waals surface area contributed by atoms with Crippen LogP contribution in [0.15, 0.2) is 24.5 Å². The molecular weight excluding hydrogens is 224 g/mol. The van der Waals surface area contributed by atoms with Crippen LogP contribution in [0.25, 0.3) is 11.3 Å². The Morgan fingerprint density at radius 2 is 2.33 bits per heavy atom. The zero-order valence-corrected chi connectivity index (χ0v) is 10.7. The lowest BCUT2D eigenvalue weighted by molar-refractivity contribution is 0.665. The maximum atomic E-state index is 4.74. The second kappa shape index (κ2) is 4.80. The van der Waals surface area contributed by atoms with E-state index in [1.54, 1.807) is 6.20 Å². The molecule has 3 rings (SSSR count). The summed E-state index contributed by atoms with van der Waals surface area (Å²) in [4.78, 5) is 4.20. The third-order valence-electron chi connectivity index (χ3n) is 3.43. The minimum atomic E-state index is 0.898. The highest BCUT2D eigenvalue weighted by molar-refractivity contribution is 5.69. The Labute approximate surface area is 107 Å². The molecule has 0 atom stereocenters. The minimum Gasteiger partial charge on any atom is -0.370 e. The maximum Gasteiger partial charge on any atom is 0.128 e. The van der Waals surface area contributed by atoms with E-state index in [2.05, 4.69) is 28.0 Å². The first-order valence-electron chi connectivity index (χ1n) is 6.64. The molecular formula is C14H18N4. The van der Waals surface area contributed by atoms with Crippen molar-refractivity contribution in [2.24, 2.45) is 0 Å². The molecule has 2 aromatic rings. The van der Waals surface area contributed by atoms with E-state index < -0.39 is 0 Å². The summed E-state index contributed by atoms with van der Waals surface area (Å²) >= 11 is 0. The molecule has 18 heavy (non-hydrogen) atoms. The first-order valence-corrected chi connectivity index (χ1v) is 6.64. The van der Waals surface area contributed by atoms with E-state index >= 15 is 0 Å². The third-order valence-corrected chi connectivity index (χ3v) is 3.43. The fraction of sp³-hybridized carbons (Fsp3) is 0.429. The molecule has 2 aromatic heterocycles.